The first-order valence-corrected chi connectivity index (χ1v) is 7.23. The molecule has 0 aliphatic heterocycles. The Labute approximate surface area is 125 Å². The zero-order valence-corrected chi connectivity index (χ0v) is 12.7. The van der Waals surface area contributed by atoms with Gasteiger partial charge >= 0.3 is 0 Å². The van der Waals surface area contributed by atoms with Crippen LogP contribution >= 0.6 is 0 Å². The van der Waals surface area contributed by atoms with Crippen molar-refractivity contribution in [2.45, 2.75) is 26.3 Å². The predicted octanol–water partition coefficient (Wildman–Crippen LogP) is 4.47. The SMILES string of the molecule is CNC(c1ccc(CC(C)C)cc1)c1cccc(F)c1F. The van der Waals surface area contributed by atoms with Crippen molar-refractivity contribution in [3.63, 3.8) is 0 Å². The maximum Gasteiger partial charge on any atom is 0.163 e. The molecule has 0 saturated carbocycles. The van der Waals surface area contributed by atoms with Crippen LogP contribution in [0, 0.1) is 17.6 Å². The van der Waals surface area contributed by atoms with Crippen molar-refractivity contribution in [1.29, 1.82) is 0 Å². The van der Waals surface area contributed by atoms with Gasteiger partial charge in [0.2, 0.25) is 0 Å². The monoisotopic (exact) mass is 289 g/mol. The summed E-state index contributed by atoms with van der Waals surface area (Å²) in [6, 6.07) is 12.0. The van der Waals surface area contributed by atoms with Crippen LogP contribution in [-0.4, -0.2) is 7.05 Å². The third-order valence-electron chi connectivity index (χ3n) is 3.54. The minimum Gasteiger partial charge on any atom is -0.309 e. The van der Waals surface area contributed by atoms with E-state index < -0.39 is 11.6 Å². The van der Waals surface area contributed by atoms with Crippen molar-refractivity contribution < 1.29 is 8.78 Å². The van der Waals surface area contributed by atoms with Gasteiger partial charge in [-0.2, -0.15) is 0 Å². The molecule has 0 saturated heterocycles. The topological polar surface area (TPSA) is 12.0 Å². The van der Waals surface area contributed by atoms with Crippen molar-refractivity contribution in [3.8, 4) is 0 Å². The first-order valence-electron chi connectivity index (χ1n) is 7.23. The van der Waals surface area contributed by atoms with E-state index >= 15 is 0 Å². The van der Waals surface area contributed by atoms with Crippen molar-refractivity contribution in [1.82, 2.24) is 5.32 Å². The maximum absolute atomic E-state index is 14.0. The lowest BCUT2D eigenvalue weighted by Crippen LogP contribution is -2.19. The second kappa shape index (κ2) is 6.81. The molecule has 2 aromatic rings. The molecule has 0 radical (unpaired) electrons. The number of halogens is 2. The average molecular weight is 289 g/mol. The van der Waals surface area contributed by atoms with E-state index in [1.807, 2.05) is 12.1 Å². The van der Waals surface area contributed by atoms with Gasteiger partial charge in [0.25, 0.3) is 0 Å². The van der Waals surface area contributed by atoms with E-state index in [-0.39, 0.29) is 6.04 Å². The summed E-state index contributed by atoms with van der Waals surface area (Å²) in [5, 5.41) is 3.06. The summed E-state index contributed by atoms with van der Waals surface area (Å²) in [7, 11) is 1.75. The molecule has 1 nitrogen and oxygen atoms in total. The highest BCUT2D eigenvalue weighted by atomic mass is 19.2. The van der Waals surface area contributed by atoms with Gasteiger partial charge in [-0.05, 0) is 36.6 Å². The van der Waals surface area contributed by atoms with Crippen LogP contribution in [0.2, 0.25) is 0 Å². The van der Waals surface area contributed by atoms with Gasteiger partial charge < -0.3 is 5.32 Å². The molecule has 0 fully saturated rings. The molecule has 0 bridgehead atoms. The Morgan fingerprint density at radius 1 is 1.00 bits per heavy atom. The fourth-order valence-corrected chi connectivity index (χ4v) is 2.56. The Bertz CT molecular complexity index is 591. The first-order chi connectivity index (χ1) is 10.0. The first kappa shape index (κ1) is 15.6. The van der Waals surface area contributed by atoms with E-state index in [9.17, 15) is 8.78 Å². The molecule has 0 spiro atoms. The molecule has 1 atom stereocenters. The van der Waals surface area contributed by atoms with E-state index in [0.29, 0.717) is 11.5 Å². The maximum atomic E-state index is 14.0. The van der Waals surface area contributed by atoms with Gasteiger partial charge in [-0.25, -0.2) is 8.78 Å². The summed E-state index contributed by atoms with van der Waals surface area (Å²) in [5.41, 5.74) is 2.51. The summed E-state index contributed by atoms with van der Waals surface area (Å²) >= 11 is 0. The van der Waals surface area contributed by atoms with Gasteiger partial charge in [-0.3, -0.25) is 0 Å². The van der Waals surface area contributed by atoms with Crippen LogP contribution in [0.3, 0.4) is 0 Å². The second-order valence-electron chi connectivity index (χ2n) is 5.70. The van der Waals surface area contributed by atoms with Gasteiger partial charge in [0, 0.05) is 5.56 Å². The minimum absolute atomic E-state index is 0.328. The third kappa shape index (κ3) is 3.67. The molecule has 2 rings (SSSR count). The highest BCUT2D eigenvalue weighted by Gasteiger charge is 2.18. The molecule has 21 heavy (non-hydrogen) atoms. The lowest BCUT2D eigenvalue weighted by molar-refractivity contribution is 0.487. The van der Waals surface area contributed by atoms with Gasteiger partial charge in [-0.1, -0.05) is 50.2 Å². The van der Waals surface area contributed by atoms with Gasteiger partial charge in [0.05, 0.1) is 6.04 Å². The fraction of sp³-hybridized carbons (Fsp3) is 0.333. The van der Waals surface area contributed by atoms with Gasteiger partial charge in [0.15, 0.2) is 11.6 Å². The molecule has 1 N–H and O–H groups in total. The number of hydrogen-bond acceptors (Lipinski definition) is 1. The van der Waals surface area contributed by atoms with Crippen molar-refractivity contribution in [3.05, 3.63) is 70.8 Å². The molecule has 3 heteroatoms. The highest BCUT2D eigenvalue weighted by molar-refractivity contribution is 5.34. The standard InChI is InChI=1S/C18H21F2N/c1-12(2)11-13-7-9-14(10-8-13)18(21-3)15-5-4-6-16(19)17(15)20/h4-10,12,18,21H,11H2,1-3H3. The highest BCUT2D eigenvalue weighted by Crippen LogP contribution is 2.26. The smallest absolute Gasteiger partial charge is 0.163 e. The molecule has 1 unspecified atom stereocenters. The van der Waals surface area contributed by atoms with Crippen LogP contribution in [0.4, 0.5) is 8.78 Å². The zero-order chi connectivity index (χ0) is 15.4. The van der Waals surface area contributed by atoms with E-state index in [2.05, 4.69) is 31.3 Å². The molecule has 0 heterocycles. The molecule has 0 aliphatic rings. The van der Waals surface area contributed by atoms with E-state index in [4.69, 9.17) is 0 Å². The van der Waals surface area contributed by atoms with Crippen LogP contribution < -0.4 is 5.32 Å². The normalized spacial score (nSPS) is 12.7. The summed E-state index contributed by atoms with van der Waals surface area (Å²) in [5.74, 6) is -1.01. The Morgan fingerprint density at radius 3 is 2.24 bits per heavy atom. The Kier molecular flexibility index (Phi) is 5.07. The third-order valence-corrected chi connectivity index (χ3v) is 3.54. The number of hydrogen-bond donors (Lipinski definition) is 1. The molecule has 2 aromatic carbocycles. The summed E-state index contributed by atoms with van der Waals surface area (Å²) in [6.45, 7) is 4.35. The van der Waals surface area contributed by atoms with E-state index in [0.717, 1.165) is 18.1 Å². The number of benzene rings is 2. The quantitative estimate of drug-likeness (QED) is 0.856. The molecule has 0 aromatic heterocycles. The number of rotatable bonds is 5. The van der Waals surface area contributed by atoms with Crippen LogP contribution in [0.1, 0.15) is 36.6 Å². The number of nitrogens with one attached hydrogen (secondary N) is 1. The Morgan fingerprint density at radius 2 is 1.67 bits per heavy atom. The minimum atomic E-state index is -0.816. The Balaban J connectivity index is 2.31. The largest absolute Gasteiger partial charge is 0.309 e. The van der Waals surface area contributed by atoms with E-state index in [1.54, 1.807) is 13.1 Å². The summed E-state index contributed by atoms with van der Waals surface area (Å²) in [6.07, 6.45) is 1.01. The van der Waals surface area contributed by atoms with Crippen LogP contribution in [0.5, 0.6) is 0 Å². The van der Waals surface area contributed by atoms with Crippen molar-refractivity contribution >= 4 is 0 Å². The summed E-state index contributed by atoms with van der Waals surface area (Å²) < 4.78 is 27.4. The van der Waals surface area contributed by atoms with Gasteiger partial charge in [0.1, 0.15) is 0 Å². The Hall–Kier alpha value is -1.74. The zero-order valence-electron chi connectivity index (χ0n) is 12.7. The van der Waals surface area contributed by atoms with Crippen LogP contribution in [0.15, 0.2) is 42.5 Å². The average Bonchev–Trinajstić information content (AvgIpc) is 2.45. The molecular formula is C18H21F2N. The lowest BCUT2D eigenvalue weighted by atomic mass is 9.95. The molecule has 0 amide bonds. The van der Waals surface area contributed by atoms with Crippen LogP contribution in [0.25, 0.3) is 0 Å². The molecule has 0 aliphatic carbocycles. The molecular weight excluding hydrogens is 268 g/mol. The predicted molar refractivity (Wildman–Crippen MR) is 82.2 cm³/mol. The van der Waals surface area contributed by atoms with Gasteiger partial charge in [-0.15, -0.1) is 0 Å². The summed E-state index contributed by atoms with van der Waals surface area (Å²) in [4.78, 5) is 0. The second-order valence-corrected chi connectivity index (χ2v) is 5.70. The van der Waals surface area contributed by atoms with Crippen molar-refractivity contribution in [2.75, 3.05) is 7.05 Å². The van der Waals surface area contributed by atoms with Crippen LogP contribution in [-0.2, 0) is 6.42 Å². The van der Waals surface area contributed by atoms with E-state index in [1.165, 1.54) is 11.6 Å². The lowest BCUT2D eigenvalue weighted by Gasteiger charge is -2.18. The molecule has 112 valence electrons. The fourth-order valence-electron chi connectivity index (χ4n) is 2.56. The van der Waals surface area contributed by atoms with Crippen molar-refractivity contribution in [2.24, 2.45) is 5.92 Å².